The van der Waals surface area contributed by atoms with E-state index in [1.54, 1.807) is 24.3 Å². The molecule has 0 saturated carbocycles. The van der Waals surface area contributed by atoms with Gasteiger partial charge in [-0.2, -0.15) is 5.26 Å². The lowest BCUT2D eigenvalue weighted by Crippen LogP contribution is -1.94. The van der Waals surface area contributed by atoms with Gasteiger partial charge in [-0.25, -0.2) is 4.39 Å². The van der Waals surface area contributed by atoms with Gasteiger partial charge in [-0.1, -0.05) is 24.3 Å². The van der Waals surface area contributed by atoms with Gasteiger partial charge < -0.3 is 4.74 Å². The molecule has 0 spiro atoms. The first-order valence-electron chi connectivity index (χ1n) is 5.00. The molecule has 2 rings (SSSR count). The van der Waals surface area contributed by atoms with Crippen LogP contribution in [-0.2, 0) is 0 Å². The Morgan fingerprint density at radius 1 is 1.12 bits per heavy atom. The van der Waals surface area contributed by atoms with E-state index in [1.165, 1.54) is 12.1 Å². The molecule has 0 atom stereocenters. The third kappa shape index (κ3) is 2.26. The molecule has 0 aliphatic rings. The molecule has 83 valence electrons. The number of benzene rings is 2. The van der Waals surface area contributed by atoms with Crippen molar-refractivity contribution in [3.8, 4) is 17.6 Å². The van der Waals surface area contributed by atoms with Gasteiger partial charge >= 0.3 is 0 Å². The Kier molecular flexibility index (Phi) is 3.06. The zero-order valence-corrected chi connectivity index (χ0v) is 8.98. The number of hydrogen-bond acceptors (Lipinski definition) is 2. The van der Waals surface area contributed by atoms with Crippen LogP contribution in [0.1, 0.15) is 11.1 Å². The fourth-order valence-electron chi connectivity index (χ4n) is 1.43. The van der Waals surface area contributed by atoms with Gasteiger partial charge in [-0.05, 0) is 30.7 Å². The van der Waals surface area contributed by atoms with Gasteiger partial charge in [0.25, 0.3) is 0 Å². The summed E-state index contributed by atoms with van der Waals surface area (Å²) >= 11 is 0. The predicted octanol–water partition coefficient (Wildman–Crippen LogP) is 3.67. The molecule has 0 aliphatic carbocycles. The summed E-state index contributed by atoms with van der Waals surface area (Å²) in [6.45, 7) is 3.67. The molecule has 0 bridgehead atoms. The summed E-state index contributed by atoms with van der Waals surface area (Å²) in [5.41, 5.74) is 0.564. The van der Waals surface area contributed by atoms with Gasteiger partial charge in [-0.15, -0.1) is 0 Å². The van der Waals surface area contributed by atoms with Crippen molar-refractivity contribution in [1.82, 2.24) is 0 Å². The normalized spacial score (nSPS) is 9.71. The van der Waals surface area contributed by atoms with Crippen LogP contribution in [0.15, 0.2) is 42.5 Å². The van der Waals surface area contributed by atoms with Gasteiger partial charge in [0, 0.05) is 0 Å². The van der Waals surface area contributed by atoms with E-state index in [9.17, 15) is 4.39 Å². The summed E-state index contributed by atoms with van der Waals surface area (Å²) in [5, 5.41) is 8.97. The Labute approximate surface area is 98.9 Å². The van der Waals surface area contributed by atoms with E-state index in [0.29, 0.717) is 11.3 Å². The summed E-state index contributed by atoms with van der Waals surface area (Å²) in [7, 11) is 0. The molecule has 2 nitrogen and oxygen atoms in total. The van der Waals surface area contributed by atoms with Crippen molar-refractivity contribution in [2.45, 2.75) is 0 Å². The lowest BCUT2D eigenvalue weighted by molar-refractivity contribution is 0.440. The first kappa shape index (κ1) is 11.2. The molecule has 0 aliphatic heterocycles. The van der Waals surface area contributed by atoms with Crippen LogP contribution >= 0.6 is 0 Å². The van der Waals surface area contributed by atoms with E-state index >= 15 is 0 Å². The van der Waals surface area contributed by atoms with E-state index in [0.717, 1.165) is 0 Å². The van der Waals surface area contributed by atoms with E-state index < -0.39 is 5.82 Å². The van der Waals surface area contributed by atoms with Crippen LogP contribution in [0.2, 0.25) is 0 Å². The number of halogens is 1. The average Bonchev–Trinajstić information content (AvgIpc) is 2.35. The van der Waals surface area contributed by atoms with Crippen LogP contribution in [-0.4, -0.2) is 0 Å². The molecule has 0 unspecified atom stereocenters. The van der Waals surface area contributed by atoms with E-state index in [1.807, 2.05) is 12.1 Å². The fraction of sp³-hybridized carbons (Fsp3) is 0. The molecule has 0 heterocycles. The van der Waals surface area contributed by atoms with E-state index in [2.05, 4.69) is 6.92 Å². The molecular weight excluding hydrogens is 217 g/mol. The molecule has 2 aromatic rings. The summed E-state index contributed by atoms with van der Waals surface area (Å²) in [6.07, 6.45) is 0. The minimum absolute atomic E-state index is 0.0776. The van der Waals surface area contributed by atoms with Crippen molar-refractivity contribution in [2.75, 3.05) is 0 Å². The average molecular weight is 226 g/mol. The highest BCUT2D eigenvalue weighted by Crippen LogP contribution is 2.29. The van der Waals surface area contributed by atoms with Crippen LogP contribution < -0.4 is 4.74 Å². The highest BCUT2D eigenvalue weighted by molar-refractivity contribution is 5.52. The van der Waals surface area contributed by atoms with Crippen molar-refractivity contribution in [3.63, 3.8) is 0 Å². The zero-order chi connectivity index (χ0) is 12.3. The highest BCUT2D eigenvalue weighted by atomic mass is 19.1. The Balaban J connectivity index is 2.46. The Morgan fingerprint density at radius 3 is 2.47 bits per heavy atom. The molecular formula is C14H9FNO. The van der Waals surface area contributed by atoms with Crippen LogP contribution in [0.3, 0.4) is 0 Å². The standard InChI is InChI=1S/C14H9FNO/c1-10-7-8-13(15)14(12(10)9-16)17-11-5-3-2-4-6-11/h2-8H,1H2. The monoisotopic (exact) mass is 226 g/mol. The van der Waals surface area contributed by atoms with Crippen LogP contribution in [0.5, 0.6) is 11.5 Å². The lowest BCUT2D eigenvalue weighted by Gasteiger charge is -2.09. The Bertz CT molecular complexity index is 573. The molecule has 1 radical (unpaired) electrons. The summed E-state index contributed by atoms with van der Waals surface area (Å²) in [5.74, 6) is -0.169. The number of para-hydroxylation sites is 1. The molecule has 3 heteroatoms. The largest absolute Gasteiger partial charge is 0.453 e. The third-order valence-corrected chi connectivity index (χ3v) is 2.27. The molecule has 0 amide bonds. The highest BCUT2D eigenvalue weighted by Gasteiger charge is 2.13. The van der Waals surface area contributed by atoms with Crippen LogP contribution in [0.25, 0.3) is 0 Å². The van der Waals surface area contributed by atoms with Crippen molar-refractivity contribution in [3.05, 3.63) is 66.3 Å². The summed E-state index contributed by atoms with van der Waals surface area (Å²) < 4.78 is 19.0. The summed E-state index contributed by atoms with van der Waals surface area (Å²) in [6, 6.07) is 13.3. The smallest absolute Gasteiger partial charge is 0.181 e. The number of ether oxygens (including phenoxy) is 1. The van der Waals surface area contributed by atoms with Crippen LogP contribution in [0.4, 0.5) is 4.39 Å². The van der Waals surface area contributed by atoms with Crippen molar-refractivity contribution in [1.29, 1.82) is 5.26 Å². The van der Waals surface area contributed by atoms with Gasteiger partial charge in [0.15, 0.2) is 11.6 Å². The zero-order valence-electron chi connectivity index (χ0n) is 8.98. The molecule has 0 saturated heterocycles. The number of nitrogens with zero attached hydrogens (tertiary/aromatic N) is 1. The van der Waals surface area contributed by atoms with Gasteiger partial charge in [-0.3, -0.25) is 0 Å². The number of hydrogen-bond donors (Lipinski definition) is 0. The molecule has 0 N–H and O–H groups in total. The molecule has 2 aromatic carbocycles. The van der Waals surface area contributed by atoms with Gasteiger partial charge in [0.05, 0.1) is 0 Å². The predicted molar refractivity (Wildman–Crippen MR) is 62.1 cm³/mol. The Morgan fingerprint density at radius 2 is 1.82 bits per heavy atom. The number of nitriles is 1. The molecule has 0 fully saturated rings. The second-order valence-corrected chi connectivity index (χ2v) is 3.44. The third-order valence-electron chi connectivity index (χ3n) is 2.27. The first-order valence-corrected chi connectivity index (χ1v) is 5.00. The maximum Gasteiger partial charge on any atom is 0.181 e. The second kappa shape index (κ2) is 4.67. The van der Waals surface area contributed by atoms with E-state index in [-0.39, 0.29) is 11.3 Å². The Hall–Kier alpha value is -2.34. The second-order valence-electron chi connectivity index (χ2n) is 3.44. The minimum Gasteiger partial charge on any atom is -0.453 e. The lowest BCUT2D eigenvalue weighted by atomic mass is 10.1. The maximum absolute atomic E-state index is 13.6. The number of rotatable bonds is 2. The quantitative estimate of drug-likeness (QED) is 0.782. The molecule has 0 aromatic heterocycles. The van der Waals surface area contributed by atoms with Crippen LogP contribution in [0, 0.1) is 24.1 Å². The first-order chi connectivity index (χ1) is 8.22. The van der Waals surface area contributed by atoms with Crippen molar-refractivity contribution in [2.24, 2.45) is 0 Å². The topological polar surface area (TPSA) is 33.0 Å². The van der Waals surface area contributed by atoms with E-state index in [4.69, 9.17) is 10.00 Å². The van der Waals surface area contributed by atoms with Gasteiger partial charge in [0.1, 0.15) is 17.4 Å². The molecule has 17 heavy (non-hydrogen) atoms. The summed E-state index contributed by atoms with van der Waals surface area (Å²) in [4.78, 5) is 0. The fourth-order valence-corrected chi connectivity index (χ4v) is 1.43. The SMILES string of the molecule is [CH2]c1ccc(F)c(Oc2ccccc2)c1C#N. The minimum atomic E-state index is -0.571. The van der Waals surface area contributed by atoms with Crippen molar-refractivity contribution >= 4 is 0 Å². The van der Waals surface area contributed by atoms with Gasteiger partial charge in [0.2, 0.25) is 0 Å². The van der Waals surface area contributed by atoms with Crippen molar-refractivity contribution < 1.29 is 9.13 Å². The maximum atomic E-state index is 13.6.